The van der Waals surface area contributed by atoms with Crippen LogP contribution in [0.2, 0.25) is 0 Å². The van der Waals surface area contributed by atoms with Gasteiger partial charge in [0, 0.05) is 22.3 Å². The van der Waals surface area contributed by atoms with E-state index < -0.39 is 14.8 Å². The van der Waals surface area contributed by atoms with Crippen LogP contribution in [0.25, 0.3) is 10.9 Å². The first-order chi connectivity index (χ1) is 10.4. The predicted molar refractivity (Wildman–Crippen MR) is 89.8 cm³/mol. The van der Waals surface area contributed by atoms with E-state index >= 15 is 0 Å². The zero-order chi connectivity index (χ0) is 16.0. The molecular formula is C15H15BrN2O3S. The van der Waals surface area contributed by atoms with Crippen molar-refractivity contribution in [3.05, 3.63) is 47.2 Å². The number of halogens is 1. The monoisotopic (exact) mass is 382 g/mol. The molecular weight excluding hydrogens is 368 g/mol. The third-order valence-corrected chi connectivity index (χ3v) is 6.76. The summed E-state index contributed by atoms with van der Waals surface area (Å²) in [7, 11) is -2.18. The zero-order valence-electron chi connectivity index (χ0n) is 12.2. The van der Waals surface area contributed by atoms with Crippen molar-refractivity contribution in [2.24, 2.45) is 0 Å². The standard InChI is InChI=1S/C15H15BrN2O3S/c1-15(7-3-12(16)4-8-15)22(19,20)18-10-6-11-5-9-17-14(21-2)13(11)18/h3-7,9-10H,8H2,1-2H3. The molecule has 1 atom stereocenters. The van der Waals surface area contributed by atoms with E-state index in [2.05, 4.69) is 20.9 Å². The smallest absolute Gasteiger partial charge is 0.248 e. The number of allylic oxidation sites excluding steroid dienone is 3. The molecule has 0 fully saturated rings. The molecule has 0 aromatic carbocycles. The van der Waals surface area contributed by atoms with E-state index in [0.29, 0.717) is 17.8 Å². The zero-order valence-corrected chi connectivity index (χ0v) is 14.6. The summed E-state index contributed by atoms with van der Waals surface area (Å²) in [5.41, 5.74) is 0.466. The molecule has 1 unspecified atom stereocenters. The van der Waals surface area contributed by atoms with Gasteiger partial charge >= 0.3 is 0 Å². The minimum atomic E-state index is -3.66. The molecule has 0 amide bonds. The van der Waals surface area contributed by atoms with Crippen LogP contribution >= 0.6 is 15.9 Å². The number of hydrogen-bond donors (Lipinski definition) is 0. The molecule has 0 spiro atoms. The van der Waals surface area contributed by atoms with Gasteiger partial charge in [-0.2, -0.15) is 0 Å². The highest BCUT2D eigenvalue weighted by molar-refractivity contribution is 9.11. The summed E-state index contributed by atoms with van der Waals surface area (Å²) in [6.45, 7) is 1.71. The Labute approximate surface area is 137 Å². The minimum absolute atomic E-state index is 0.297. The maximum absolute atomic E-state index is 13.1. The number of pyridine rings is 1. The number of aromatic nitrogens is 2. The third-order valence-electron chi connectivity index (χ3n) is 3.87. The average Bonchev–Trinajstić information content (AvgIpc) is 2.94. The van der Waals surface area contributed by atoms with E-state index in [0.717, 1.165) is 9.87 Å². The van der Waals surface area contributed by atoms with Crippen molar-refractivity contribution in [2.75, 3.05) is 7.11 Å². The van der Waals surface area contributed by atoms with Crippen LogP contribution in [0, 0.1) is 0 Å². The maximum atomic E-state index is 13.1. The van der Waals surface area contributed by atoms with Crippen LogP contribution in [-0.2, 0) is 10.0 Å². The minimum Gasteiger partial charge on any atom is -0.479 e. The Morgan fingerprint density at radius 2 is 2.18 bits per heavy atom. The van der Waals surface area contributed by atoms with Gasteiger partial charge in [0.2, 0.25) is 15.9 Å². The second kappa shape index (κ2) is 5.24. The second-order valence-corrected chi connectivity index (χ2v) is 8.51. The van der Waals surface area contributed by atoms with Crippen molar-refractivity contribution in [3.8, 4) is 5.88 Å². The van der Waals surface area contributed by atoms with Crippen LogP contribution in [-0.4, -0.2) is 29.2 Å². The molecule has 7 heteroatoms. The summed E-state index contributed by atoms with van der Waals surface area (Å²) < 4.78 is 32.6. The van der Waals surface area contributed by atoms with Gasteiger partial charge in [0.25, 0.3) is 0 Å². The molecule has 0 aliphatic heterocycles. The summed E-state index contributed by atoms with van der Waals surface area (Å²) in [6, 6.07) is 3.51. The lowest BCUT2D eigenvalue weighted by Crippen LogP contribution is -2.38. The first-order valence-corrected chi connectivity index (χ1v) is 8.92. The van der Waals surface area contributed by atoms with Gasteiger partial charge in [0.1, 0.15) is 10.3 Å². The molecule has 0 saturated heterocycles. The molecule has 116 valence electrons. The molecule has 1 aliphatic rings. The second-order valence-electron chi connectivity index (χ2n) is 5.31. The number of fused-ring (bicyclic) bond motifs is 1. The normalized spacial score (nSPS) is 21.9. The van der Waals surface area contributed by atoms with Crippen LogP contribution in [0.3, 0.4) is 0 Å². The van der Waals surface area contributed by atoms with Gasteiger partial charge in [-0.15, -0.1) is 0 Å². The molecule has 0 saturated carbocycles. The fourth-order valence-electron chi connectivity index (χ4n) is 2.49. The van der Waals surface area contributed by atoms with Crippen LogP contribution in [0.1, 0.15) is 13.3 Å². The molecule has 0 radical (unpaired) electrons. The van der Waals surface area contributed by atoms with Crippen molar-refractivity contribution < 1.29 is 13.2 Å². The predicted octanol–water partition coefficient (Wildman–Crippen LogP) is 3.22. The molecule has 0 bridgehead atoms. The first-order valence-electron chi connectivity index (χ1n) is 6.69. The molecule has 0 N–H and O–H groups in total. The average molecular weight is 383 g/mol. The van der Waals surface area contributed by atoms with Gasteiger partial charge < -0.3 is 4.74 Å². The molecule has 1 aliphatic carbocycles. The lowest BCUT2D eigenvalue weighted by atomic mass is 10.0. The Hall–Kier alpha value is -1.60. The summed E-state index contributed by atoms with van der Waals surface area (Å²) in [5, 5.41) is 0.774. The number of methoxy groups -OCH3 is 1. The quantitative estimate of drug-likeness (QED) is 0.817. The van der Waals surface area contributed by atoms with E-state index in [4.69, 9.17) is 4.74 Å². The summed E-state index contributed by atoms with van der Waals surface area (Å²) in [6.07, 6.45) is 8.88. The SMILES string of the molecule is COc1nccc2ccn(S(=O)(=O)C3(C)C=CC(Br)=CC3)c12. The fraction of sp³-hybridized carbons (Fsp3) is 0.267. The molecule has 22 heavy (non-hydrogen) atoms. The Kier molecular flexibility index (Phi) is 3.65. The highest BCUT2D eigenvalue weighted by Crippen LogP contribution is 2.35. The summed E-state index contributed by atoms with van der Waals surface area (Å²) >= 11 is 3.36. The highest BCUT2D eigenvalue weighted by atomic mass is 79.9. The number of rotatable bonds is 3. The largest absolute Gasteiger partial charge is 0.479 e. The fourth-order valence-corrected chi connectivity index (χ4v) is 4.41. The molecule has 2 heterocycles. The van der Waals surface area contributed by atoms with Crippen molar-refractivity contribution in [2.45, 2.75) is 18.1 Å². The Bertz CT molecular complexity index is 899. The van der Waals surface area contributed by atoms with Crippen LogP contribution in [0.4, 0.5) is 0 Å². The topological polar surface area (TPSA) is 61.2 Å². The number of hydrogen-bond acceptors (Lipinski definition) is 4. The van der Waals surface area contributed by atoms with E-state index in [9.17, 15) is 8.42 Å². The van der Waals surface area contributed by atoms with Gasteiger partial charge in [-0.25, -0.2) is 17.4 Å². The first kappa shape index (κ1) is 15.3. The third kappa shape index (κ3) is 2.19. The van der Waals surface area contributed by atoms with E-state index in [1.165, 1.54) is 11.1 Å². The van der Waals surface area contributed by atoms with E-state index in [1.54, 1.807) is 43.6 Å². The van der Waals surface area contributed by atoms with Crippen LogP contribution in [0.15, 0.2) is 47.2 Å². The Balaban J connectivity index is 2.21. The van der Waals surface area contributed by atoms with Crippen molar-refractivity contribution in [1.29, 1.82) is 0 Å². The van der Waals surface area contributed by atoms with Crippen molar-refractivity contribution in [3.63, 3.8) is 0 Å². The summed E-state index contributed by atoms with van der Waals surface area (Å²) in [5.74, 6) is 0.297. The molecule has 2 aromatic rings. The summed E-state index contributed by atoms with van der Waals surface area (Å²) in [4.78, 5) is 4.11. The molecule has 5 nitrogen and oxygen atoms in total. The van der Waals surface area contributed by atoms with Gasteiger partial charge in [-0.1, -0.05) is 34.2 Å². The van der Waals surface area contributed by atoms with E-state index in [1.807, 2.05) is 6.08 Å². The van der Waals surface area contributed by atoms with Crippen molar-refractivity contribution in [1.82, 2.24) is 8.96 Å². The van der Waals surface area contributed by atoms with Crippen molar-refractivity contribution >= 4 is 36.9 Å². The number of ether oxygens (including phenoxy) is 1. The number of nitrogens with zero attached hydrogens (tertiary/aromatic N) is 2. The maximum Gasteiger partial charge on any atom is 0.248 e. The van der Waals surface area contributed by atoms with Crippen LogP contribution in [0.5, 0.6) is 5.88 Å². The van der Waals surface area contributed by atoms with Crippen LogP contribution < -0.4 is 4.74 Å². The highest BCUT2D eigenvalue weighted by Gasteiger charge is 2.39. The van der Waals surface area contributed by atoms with E-state index in [-0.39, 0.29) is 0 Å². The Morgan fingerprint density at radius 3 is 2.82 bits per heavy atom. The lowest BCUT2D eigenvalue weighted by molar-refractivity contribution is 0.402. The molecule has 2 aromatic heterocycles. The molecule has 3 rings (SSSR count). The van der Waals surface area contributed by atoms with Gasteiger partial charge in [0.05, 0.1) is 7.11 Å². The van der Waals surface area contributed by atoms with Gasteiger partial charge in [0.15, 0.2) is 0 Å². The van der Waals surface area contributed by atoms with Gasteiger partial charge in [-0.05, 0) is 25.5 Å². The van der Waals surface area contributed by atoms with Gasteiger partial charge in [-0.3, -0.25) is 0 Å². The Morgan fingerprint density at radius 1 is 1.41 bits per heavy atom. The lowest BCUT2D eigenvalue weighted by Gasteiger charge is -2.28.